The van der Waals surface area contributed by atoms with Gasteiger partial charge in [-0.2, -0.15) is 0 Å². The summed E-state index contributed by atoms with van der Waals surface area (Å²) in [5, 5.41) is 0. The van der Waals surface area contributed by atoms with Crippen LogP contribution in [0.15, 0.2) is 42.6 Å². The highest BCUT2D eigenvalue weighted by Crippen LogP contribution is 2.13. The van der Waals surface area contributed by atoms with Crippen LogP contribution in [0.2, 0.25) is 0 Å². The fourth-order valence-corrected chi connectivity index (χ4v) is 2.17. The van der Waals surface area contributed by atoms with E-state index in [-0.39, 0.29) is 5.82 Å². The molecule has 0 radical (unpaired) electrons. The summed E-state index contributed by atoms with van der Waals surface area (Å²) in [6.07, 6.45) is 1.73. The van der Waals surface area contributed by atoms with Gasteiger partial charge in [0.1, 0.15) is 5.82 Å². The van der Waals surface area contributed by atoms with Gasteiger partial charge < -0.3 is 4.98 Å². The van der Waals surface area contributed by atoms with Gasteiger partial charge in [0.2, 0.25) is 0 Å². The minimum atomic E-state index is -0.237. The van der Waals surface area contributed by atoms with Crippen molar-refractivity contribution in [3.8, 4) is 0 Å². The zero-order valence-corrected chi connectivity index (χ0v) is 10.2. The summed E-state index contributed by atoms with van der Waals surface area (Å²) in [6, 6.07) is 10.2. The van der Waals surface area contributed by atoms with Crippen LogP contribution < -0.4 is 0 Å². The Labute approximate surface area is 108 Å². The van der Waals surface area contributed by atoms with Gasteiger partial charge in [0.05, 0.1) is 12.1 Å². The number of pyridine rings is 1. The third-order valence-corrected chi connectivity index (χ3v) is 3.11. The largest absolute Gasteiger partial charge is 0.329 e. The van der Waals surface area contributed by atoms with Crippen molar-refractivity contribution < 1.29 is 4.39 Å². The molecule has 2 aromatic heterocycles. The Morgan fingerprint density at radius 1 is 1.22 bits per heavy atom. The first-order chi connectivity index (χ1) is 8.74. The summed E-state index contributed by atoms with van der Waals surface area (Å²) >= 11 is 5.27. The van der Waals surface area contributed by atoms with Gasteiger partial charge in [-0.3, -0.25) is 4.57 Å². The minimum absolute atomic E-state index is 0.237. The van der Waals surface area contributed by atoms with E-state index in [2.05, 4.69) is 9.97 Å². The molecule has 90 valence electrons. The summed E-state index contributed by atoms with van der Waals surface area (Å²) in [5.74, 6) is -0.237. The van der Waals surface area contributed by atoms with E-state index < -0.39 is 0 Å². The van der Waals surface area contributed by atoms with Crippen LogP contribution in [0.25, 0.3) is 11.2 Å². The number of aromatic nitrogens is 3. The SMILES string of the molecule is Fc1ccc(Cn2c(=S)[nH]c3cccnc32)cc1. The normalized spacial score (nSPS) is 10.9. The first kappa shape index (κ1) is 11.1. The molecule has 0 aliphatic carbocycles. The van der Waals surface area contributed by atoms with Crippen LogP contribution in [0.1, 0.15) is 5.56 Å². The van der Waals surface area contributed by atoms with Crippen molar-refractivity contribution in [2.75, 3.05) is 0 Å². The molecule has 0 aliphatic heterocycles. The molecule has 5 heteroatoms. The number of aromatic amines is 1. The summed E-state index contributed by atoms with van der Waals surface area (Å²) in [6.45, 7) is 0.579. The number of imidazole rings is 1. The van der Waals surface area contributed by atoms with E-state index in [9.17, 15) is 4.39 Å². The molecule has 1 N–H and O–H groups in total. The van der Waals surface area contributed by atoms with E-state index in [4.69, 9.17) is 12.2 Å². The first-order valence-electron chi connectivity index (χ1n) is 5.52. The lowest BCUT2D eigenvalue weighted by molar-refractivity contribution is 0.626. The molecule has 0 bridgehead atoms. The van der Waals surface area contributed by atoms with Crippen LogP contribution in [0, 0.1) is 10.6 Å². The molecule has 18 heavy (non-hydrogen) atoms. The molecular formula is C13H10FN3S. The highest BCUT2D eigenvalue weighted by molar-refractivity contribution is 7.71. The Morgan fingerprint density at radius 2 is 2.00 bits per heavy atom. The molecule has 0 unspecified atom stereocenters. The lowest BCUT2D eigenvalue weighted by Crippen LogP contribution is -2.00. The number of hydrogen-bond donors (Lipinski definition) is 1. The molecule has 0 atom stereocenters. The number of hydrogen-bond acceptors (Lipinski definition) is 2. The Hall–Kier alpha value is -2.01. The number of benzene rings is 1. The third-order valence-electron chi connectivity index (χ3n) is 2.78. The number of H-pyrrole nitrogens is 1. The van der Waals surface area contributed by atoms with Gasteiger partial charge in [0.25, 0.3) is 0 Å². The molecule has 0 amide bonds. The molecule has 0 aliphatic rings. The van der Waals surface area contributed by atoms with Crippen molar-refractivity contribution in [3.05, 3.63) is 58.7 Å². The highest BCUT2D eigenvalue weighted by Gasteiger charge is 2.05. The van der Waals surface area contributed by atoms with Crippen molar-refractivity contribution >= 4 is 23.4 Å². The zero-order chi connectivity index (χ0) is 12.5. The number of rotatable bonds is 2. The van der Waals surface area contributed by atoms with Crippen LogP contribution in [-0.4, -0.2) is 14.5 Å². The van der Waals surface area contributed by atoms with E-state index in [1.807, 2.05) is 16.7 Å². The van der Waals surface area contributed by atoms with E-state index in [0.717, 1.165) is 16.7 Å². The average molecular weight is 259 g/mol. The lowest BCUT2D eigenvalue weighted by Gasteiger charge is -2.03. The lowest BCUT2D eigenvalue weighted by atomic mass is 10.2. The van der Waals surface area contributed by atoms with Crippen molar-refractivity contribution in [2.24, 2.45) is 0 Å². The van der Waals surface area contributed by atoms with Gasteiger partial charge in [0, 0.05) is 6.20 Å². The standard InChI is InChI=1S/C13H10FN3S/c14-10-5-3-9(4-6-10)8-17-12-11(16-13(17)18)2-1-7-15-12/h1-7H,8H2,(H,16,18). The maximum atomic E-state index is 12.9. The number of nitrogens with one attached hydrogen (secondary N) is 1. The van der Waals surface area contributed by atoms with Gasteiger partial charge in [-0.15, -0.1) is 0 Å². The monoisotopic (exact) mass is 259 g/mol. The highest BCUT2D eigenvalue weighted by atomic mass is 32.1. The van der Waals surface area contributed by atoms with Gasteiger partial charge in [-0.1, -0.05) is 12.1 Å². The van der Waals surface area contributed by atoms with Gasteiger partial charge in [-0.25, -0.2) is 9.37 Å². The van der Waals surface area contributed by atoms with E-state index in [0.29, 0.717) is 11.3 Å². The second-order valence-corrected chi connectivity index (χ2v) is 4.40. The second-order valence-electron chi connectivity index (χ2n) is 4.02. The van der Waals surface area contributed by atoms with Crippen LogP contribution in [-0.2, 0) is 6.54 Å². The molecule has 0 saturated carbocycles. The maximum absolute atomic E-state index is 12.9. The smallest absolute Gasteiger partial charge is 0.179 e. The first-order valence-corrected chi connectivity index (χ1v) is 5.93. The number of fused-ring (bicyclic) bond motifs is 1. The molecule has 0 spiro atoms. The minimum Gasteiger partial charge on any atom is -0.329 e. The Bertz CT molecular complexity index is 743. The van der Waals surface area contributed by atoms with E-state index in [1.165, 1.54) is 12.1 Å². The van der Waals surface area contributed by atoms with Crippen LogP contribution in [0.3, 0.4) is 0 Å². The van der Waals surface area contributed by atoms with Crippen molar-refractivity contribution in [1.82, 2.24) is 14.5 Å². The zero-order valence-electron chi connectivity index (χ0n) is 9.43. The molecule has 3 nitrogen and oxygen atoms in total. The summed E-state index contributed by atoms with van der Waals surface area (Å²) in [7, 11) is 0. The average Bonchev–Trinajstić information content (AvgIpc) is 2.69. The molecule has 3 rings (SSSR count). The van der Waals surface area contributed by atoms with Crippen molar-refractivity contribution in [1.29, 1.82) is 0 Å². The van der Waals surface area contributed by atoms with Gasteiger partial charge in [0.15, 0.2) is 10.4 Å². The van der Waals surface area contributed by atoms with E-state index in [1.54, 1.807) is 18.3 Å². The second kappa shape index (κ2) is 4.34. The molecule has 3 aromatic rings. The summed E-state index contributed by atoms with van der Waals surface area (Å²) in [5.41, 5.74) is 2.70. The topological polar surface area (TPSA) is 33.6 Å². The predicted molar refractivity (Wildman–Crippen MR) is 70.4 cm³/mol. The fraction of sp³-hybridized carbons (Fsp3) is 0.0769. The van der Waals surface area contributed by atoms with Crippen molar-refractivity contribution in [2.45, 2.75) is 6.54 Å². The Balaban J connectivity index is 2.07. The van der Waals surface area contributed by atoms with E-state index >= 15 is 0 Å². The quantitative estimate of drug-likeness (QED) is 0.716. The molecule has 1 aromatic carbocycles. The number of halogens is 1. The Kier molecular flexibility index (Phi) is 2.68. The number of nitrogens with zero attached hydrogens (tertiary/aromatic N) is 2. The molecular weight excluding hydrogens is 249 g/mol. The summed E-state index contributed by atoms with van der Waals surface area (Å²) < 4.78 is 15.4. The molecule has 2 heterocycles. The fourth-order valence-electron chi connectivity index (χ4n) is 1.91. The van der Waals surface area contributed by atoms with Gasteiger partial charge >= 0.3 is 0 Å². The predicted octanol–water partition coefficient (Wildman–Crippen LogP) is 3.28. The molecule has 0 saturated heterocycles. The maximum Gasteiger partial charge on any atom is 0.179 e. The van der Waals surface area contributed by atoms with Gasteiger partial charge in [-0.05, 0) is 42.0 Å². The molecule has 0 fully saturated rings. The van der Waals surface area contributed by atoms with Crippen molar-refractivity contribution in [3.63, 3.8) is 0 Å². The Morgan fingerprint density at radius 3 is 2.78 bits per heavy atom. The third kappa shape index (κ3) is 1.93. The van der Waals surface area contributed by atoms with Crippen LogP contribution in [0.4, 0.5) is 4.39 Å². The van der Waals surface area contributed by atoms with Crippen LogP contribution >= 0.6 is 12.2 Å². The van der Waals surface area contributed by atoms with Crippen LogP contribution in [0.5, 0.6) is 0 Å². The summed E-state index contributed by atoms with van der Waals surface area (Å²) in [4.78, 5) is 7.41.